The third-order valence-corrected chi connectivity index (χ3v) is 5.13. The van der Waals surface area contributed by atoms with E-state index < -0.39 is 0 Å². The van der Waals surface area contributed by atoms with Crippen LogP contribution in [0.3, 0.4) is 0 Å². The van der Waals surface area contributed by atoms with Gasteiger partial charge in [0.25, 0.3) is 0 Å². The SMILES string of the molecule is NCC1CCN(c2cc(SCc3ccccc3)ncn2)CC1. The maximum absolute atomic E-state index is 5.76. The molecule has 0 atom stereocenters. The number of hydrogen-bond acceptors (Lipinski definition) is 5. The van der Waals surface area contributed by atoms with Gasteiger partial charge in [0.1, 0.15) is 17.2 Å². The van der Waals surface area contributed by atoms with Crippen LogP contribution in [0.4, 0.5) is 5.82 Å². The molecule has 0 amide bonds. The van der Waals surface area contributed by atoms with Gasteiger partial charge in [0.05, 0.1) is 0 Å². The number of aromatic nitrogens is 2. The minimum atomic E-state index is 0.671. The van der Waals surface area contributed by atoms with Crippen LogP contribution >= 0.6 is 11.8 Å². The van der Waals surface area contributed by atoms with Gasteiger partial charge in [0, 0.05) is 24.9 Å². The standard InChI is InChI=1S/C17H22N4S/c18-11-14-6-8-21(9-7-14)16-10-17(20-13-19-16)22-12-15-4-2-1-3-5-15/h1-5,10,13-14H,6-9,11-12,18H2. The molecule has 0 spiro atoms. The third kappa shape index (κ3) is 3.99. The molecule has 1 aliphatic heterocycles. The summed E-state index contributed by atoms with van der Waals surface area (Å²) in [7, 11) is 0. The summed E-state index contributed by atoms with van der Waals surface area (Å²) in [6.45, 7) is 2.89. The van der Waals surface area contributed by atoms with Crippen molar-refractivity contribution in [3.05, 3.63) is 48.3 Å². The first-order valence-corrected chi connectivity index (χ1v) is 8.77. The van der Waals surface area contributed by atoms with Gasteiger partial charge in [-0.15, -0.1) is 11.8 Å². The number of piperidine rings is 1. The van der Waals surface area contributed by atoms with Gasteiger partial charge in [-0.2, -0.15) is 0 Å². The number of nitrogens with two attached hydrogens (primary N) is 1. The first-order chi connectivity index (χ1) is 10.8. The third-order valence-electron chi connectivity index (χ3n) is 4.13. The average molecular weight is 314 g/mol. The number of thioether (sulfide) groups is 1. The summed E-state index contributed by atoms with van der Waals surface area (Å²) >= 11 is 1.76. The Morgan fingerprint density at radius 3 is 2.64 bits per heavy atom. The summed E-state index contributed by atoms with van der Waals surface area (Å²) < 4.78 is 0. The van der Waals surface area contributed by atoms with Crippen molar-refractivity contribution >= 4 is 17.6 Å². The van der Waals surface area contributed by atoms with Crippen LogP contribution in [0.15, 0.2) is 47.8 Å². The summed E-state index contributed by atoms with van der Waals surface area (Å²) in [5, 5.41) is 1.04. The van der Waals surface area contributed by atoms with Gasteiger partial charge in [-0.25, -0.2) is 9.97 Å². The number of nitrogens with zero attached hydrogens (tertiary/aromatic N) is 3. The first-order valence-electron chi connectivity index (χ1n) is 7.79. The molecule has 22 heavy (non-hydrogen) atoms. The summed E-state index contributed by atoms with van der Waals surface area (Å²) in [6.07, 6.45) is 4.00. The van der Waals surface area contributed by atoms with E-state index in [1.165, 1.54) is 5.56 Å². The highest BCUT2D eigenvalue weighted by Crippen LogP contribution is 2.26. The second-order valence-corrected chi connectivity index (χ2v) is 6.65. The molecule has 2 N–H and O–H groups in total. The highest BCUT2D eigenvalue weighted by molar-refractivity contribution is 7.98. The molecule has 4 nitrogen and oxygen atoms in total. The van der Waals surface area contributed by atoms with E-state index in [-0.39, 0.29) is 0 Å². The summed E-state index contributed by atoms with van der Waals surface area (Å²) in [6, 6.07) is 12.6. The van der Waals surface area contributed by atoms with E-state index >= 15 is 0 Å². The van der Waals surface area contributed by atoms with Crippen LogP contribution in [0.5, 0.6) is 0 Å². The fraction of sp³-hybridized carbons (Fsp3) is 0.412. The Morgan fingerprint density at radius 2 is 1.91 bits per heavy atom. The molecular formula is C17H22N4S. The molecule has 0 aliphatic carbocycles. The first kappa shape index (κ1) is 15.3. The van der Waals surface area contributed by atoms with E-state index in [1.807, 2.05) is 6.07 Å². The van der Waals surface area contributed by atoms with Crippen molar-refractivity contribution in [2.24, 2.45) is 11.7 Å². The Hall–Kier alpha value is -1.59. The molecule has 2 heterocycles. The summed E-state index contributed by atoms with van der Waals surface area (Å²) in [5.74, 6) is 2.65. The number of rotatable bonds is 5. The molecule has 1 aliphatic rings. The lowest BCUT2D eigenvalue weighted by atomic mass is 9.97. The Kier molecular flexibility index (Phi) is 5.29. The Labute approximate surface area is 136 Å². The van der Waals surface area contributed by atoms with E-state index in [4.69, 9.17) is 5.73 Å². The lowest BCUT2D eigenvalue weighted by Gasteiger charge is -2.32. The van der Waals surface area contributed by atoms with Gasteiger partial charge in [-0.3, -0.25) is 0 Å². The van der Waals surface area contributed by atoms with Crippen LogP contribution < -0.4 is 10.6 Å². The summed E-state index contributed by atoms with van der Waals surface area (Å²) in [5.41, 5.74) is 7.07. The van der Waals surface area contributed by atoms with Gasteiger partial charge in [0.2, 0.25) is 0 Å². The lowest BCUT2D eigenvalue weighted by Crippen LogP contribution is -2.36. The van der Waals surface area contributed by atoms with Crippen molar-refractivity contribution in [2.45, 2.75) is 23.6 Å². The van der Waals surface area contributed by atoms with Crippen molar-refractivity contribution in [3.63, 3.8) is 0 Å². The number of benzene rings is 1. The quantitative estimate of drug-likeness (QED) is 0.679. The summed E-state index contributed by atoms with van der Waals surface area (Å²) in [4.78, 5) is 11.2. The van der Waals surface area contributed by atoms with Crippen LogP contribution in [0, 0.1) is 5.92 Å². The molecule has 5 heteroatoms. The topological polar surface area (TPSA) is 55.0 Å². The Balaban J connectivity index is 1.60. The van der Waals surface area contributed by atoms with E-state index in [0.29, 0.717) is 5.92 Å². The normalized spacial score (nSPS) is 16.0. The smallest absolute Gasteiger partial charge is 0.133 e. The van der Waals surface area contributed by atoms with E-state index in [0.717, 1.165) is 49.1 Å². The van der Waals surface area contributed by atoms with Crippen LogP contribution in [0.2, 0.25) is 0 Å². The molecule has 1 fully saturated rings. The minimum Gasteiger partial charge on any atom is -0.356 e. The second-order valence-electron chi connectivity index (χ2n) is 5.65. The maximum atomic E-state index is 5.76. The molecule has 116 valence electrons. The highest BCUT2D eigenvalue weighted by Gasteiger charge is 2.19. The van der Waals surface area contributed by atoms with E-state index in [2.05, 4.69) is 45.2 Å². The molecule has 1 saturated heterocycles. The number of anilines is 1. The van der Waals surface area contributed by atoms with Gasteiger partial charge >= 0.3 is 0 Å². The monoisotopic (exact) mass is 314 g/mol. The molecular weight excluding hydrogens is 292 g/mol. The van der Waals surface area contributed by atoms with Crippen LogP contribution in [0.25, 0.3) is 0 Å². The van der Waals surface area contributed by atoms with Crippen molar-refractivity contribution in [1.82, 2.24) is 9.97 Å². The van der Waals surface area contributed by atoms with Gasteiger partial charge in [-0.1, -0.05) is 30.3 Å². The van der Waals surface area contributed by atoms with E-state index in [9.17, 15) is 0 Å². The molecule has 0 bridgehead atoms. The zero-order valence-electron chi connectivity index (χ0n) is 12.7. The predicted molar refractivity (Wildman–Crippen MR) is 92.0 cm³/mol. The fourth-order valence-electron chi connectivity index (χ4n) is 2.71. The predicted octanol–water partition coefficient (Wildman–Crippen LogP) is 2.94. The van der Waals surface area contributed by atoms with Crippen LogP contribution in [-0.4, -0.2) is 29.6 Å². The Morgan fingerprint density at radius 1 is 1.14 bits per heavy atom. The minimum absolute atomic E-state index is 0.671. The fourth-order valence-corrected chi connectivity index (χ4v) is 3.53. The van der Waals surface area contributed by atoms with Crippen LogP contribution in [-0.2, 0) is 5.75 Å². The molecule has 0 radical (unpaired) electrons. The molecule has 3 rings (SSSR count). The Bertz CT molecular complexity index is 582. The maximum Gasteiger partial charge on any atom is 0.133 e. The van der Waals surface area contributed by atoms with Crippen molar-refractivity contribution in [3.8, 4) is 0 Å². The molecule has 0 saturated carbocycles. The van der Waals surface area contributed by atoms with Gasteiger partial charge in [-0.05, 0) is 30.9 Å². The zero-order chi connectivity index (χ0) is 15.2. The molecule has 1 aromatic heterocycles. The van der Waals surface area contributed by atoms with Gasteiger partial charge in [0.15, 0.2) is 0 Å². The molecule has 2 aromatic rings. The van der Waals surface area contributed by atoms with E-state index in [1.54, 1.807) is 18.1 Å². The van der Waals surface area contributed by atoms with Crippen molar-refractivity contribution < 1.29 is 0 Å². The zero-order valence-corrected chi connectivity index (χ0v) is 13.5. The van der Waals surface area contributed by atoms with Crippen molar-refractivity contribution in [2.75, 3.05) is 24.5 Å². The van der Waals surface area contributed by atoms with Crippen LogP contribution in [0.1, 0.15) is 18.4 Å². The molecule has 1 aromatic carbocycles. The lowest BCUT2D eigenvalue weighted by molar-refractivity contribution is 0.413. The van der Waals surface area contributed by atoms with Gasteiger partial charge < -0.3 is 10.6 Å². The largest absolute Gasteiger partial charge is 0.356 e. The average Bonchev–Trinajstić information content (AvgIpc) is 2.61. The number of hydrogen-bond donors (Lipinski definition) is 1. The highest BCUT2D eigenvalue weighted by atomic mass is 32.2. The second kappa shape index (κ2) is 7.61. The van der Waals surface area contributed by atoms with Crippen molar-refractivity contribution in [1.29, 1.82) is 0 Å². The molecule has 0 unspecified atom stereocenters.